The molecule has 1 unspecified atom stereocenters. The molecule has 2 atom stereocenters. The summed E-state index contributed by atoms with van der Waals surface area (Å²) in [4.78, 5) is 15.9. The number of carbonyl (C=O) groups excluding carboxylic acids is 1. The first-order chi connectivity index (χ1) is 16.2. The highest BCUT2D eigenvalue weighted by Gasteiger charge is 2.57. The summed E-state index contributed by atoms with van der Waals surface area (Å²) in [7, 11) is 0. The van der Waals surface area contributed by atoms with Crippen LogP contribution in [-0.2, 0) is 10.2 Å². The predicted octanol–water partition coefficient (Wildman–Crippen LogP) is 4.39. The predicted molar refractivity (Wildman–Crippen MR) is 126 cm³/mol. The van der Waals surface area contributed by atoms with Gasteiger partial charge in [0.15, 0.2) is 11.5 Å². The van der Waals surface area contributed by atoms with Gasteiger partial charge in [-0.2, -0.15) is 0 Å². The minimum atomic E-state index is -0.810. The fraction of sp³-hybridized carbons (Fsp3) is 0.519. The molecule has 3 heterocycles. The van der Waals surface area contributed by atoms with Crippen molar-refractivity contribution >= 4 is 11.6 Å². The average molecular weight is 449 g/mol. The average Bonchev–Trinajstić information content (AvgIpc) is 3.53. The number of fused-ring (bicyclic) bond motifs is 5. The zero-order valence-electron chi connectivity index (χ0n) is 19.3. The zero-order chi connectivity index (χ0) is 22.4. The molecule has 6 nitrogen and oxygen atoms in total. The molecule has 6 rings (SSSR count). The number of amides is 1. The highest BCUT2D eigenvalue weighted by Crippen LogP contribution is 2.54. The molecule has 1 saturated carbocycles. The molecule has 4 aliphatic rings. The number of hydrogen-bond acceptors (Lipinski definition) is 5. The molecule has 3 aliphatic heterocycles. The minimum absolute atomic E-state index is 0.0987. The van der Waals surface area contributed by atoms with Crippen molar-refractivity contribution in [3.63, 3.8) is 0 Å². The number of nitrogens with one attached hydrogen (secondary N) is 1. The number of anilines is 1. The van der Waals surface area contributed by atoms with E-state index in [2.05, 4.69) is 24.4 Å². The molecule has 1 amide bonds. The molecule has 0 bridgehead atoms. The molecule has 33 heavy (non-hydrogen) atoms. The summed E-state index contributed by atoms with van der Waals surface area (Å²) >= 11 is 0. The monoisotopic (exact) mass is 448 g/mol. The number of para-hydroxylation sites is 1. The van der Waals surface area contributed by atoms with Crippen molar-refractivity contribution in [2.45, 2.75) is 56.9 Å². The SMILES string of the molecule is C[C@H](NCCCN1C(=O)C2(COc3cc4c(cc32)OCO4)c2ccccc21)C1CCCCC1. The van der Waals surface area contributed by atoms with Crippen molar-refractivity contribution in [3.05, 3.63) is 47.5 Å². The highest BCUT2D eigenvalue weighted by atomic mass is 16.7. The number of benzene rings is 2. The second-order valence-corrected chi connectivity index (χ2v) is 9.86. The van der Waals surface area contributed by atoms with Gasteiger partial charge in [0.1, 0.15) is 17.8 Å². The zero-order valence-corrected chi connectivity index (χ0v) is 19.3. The molecule has 2 aromatic rings. The van der Waals surface area contributed by atoms with Gasteiger partial charge in [0.05, 0.1) is 0 Å². The van der Waals surface area contributed by atoms with Crippen LogP contribution in [0.5, 0.6) is 17.2 Å². The first-order valence-corrected chi connectivity index (χ1v) is 12.4. The van der Waals surface area contributed by atoms with E-state index in [0.717, 1.165) is 35.7 Å². The van der Waals surface area contributed by atoms with Crippen molar-refractivity contribution < 1.29 is 19.0 Å². The van der Waals surface area contributed by atoms with Crippen LogP contribution in [0.3, 0.4) is 0 Å². The summed E-state index contributed by atoms with van der Waals surface area (Å²) in [5, 5.41) is 3.73. The second kappa shape index (κ2) is 8.24. The third-order valence-corrected chi connectivity index (χ3v) is 8.03. The molecular weight excluding hydrogens is 416 g/mol. The lowest BCUT2D eigenvalue weighted by atomic mass is 9.77. The van der Waals surface area contributed by atoms with E-state index in [1.165, 1.54) is 32.1 Å². The summed E-state index contributed by atoms with van der Waals surface area (Å²) in [6, 6.07) is 12.5. The summed E-state index contributed by atoms with van der Waals surface area (Å²) < 4.78 is 17.2. The van der Waals surface area contributed by atoms with Gasteiger partial charge in [-0.1, -0.05) is 37.5 Å². The van der Waals surface area contributed by atoms with Crippen molar-refractivity contribution in [2.24, 2.45) is 5.92 Å². The van der Waals surface area contributed by atoms with Gasteiger partial charge in [-0.3, -0.25) is 4.79 Å². The van der Waals surface area contributed by atoms with E-state index in [-0.39, 0.29) is 12.7 Å². The lowest BCUT2D eigenvalue weighted by molar-refractivity contribution is -0.122. The van der Waals surface area contributed by atoms with E-state index in [4.69, 9.17) is 14.2 Å². The molecule has 1 spiro atoms. The minimum Gasteiger partial charge on any atom is -0.491 e. The maximum Gasteiger partial charge on any atom is 0.245 e. The van der Waals surface area contributed by atoms with Crippen molar-refractivity contribution in [3.8, 4) is 17.2 Å². The van der Waals surface area contributed by atoms with Crippen LogP contribution in [-0.4, -0.2) is 38.4 Å². The molecule has 2 aromatic carbocycles. The van der Waals surface area contributed by atoms with Gasteiger partial charge in [0.2, 0.25) is 12.7 Å². The standard InChI is InChI=1S/C27H32N2O4/c1-18(19-8-3-2-4-9-19)28-12-7-13-29-22-11-6-5-10-20(22)27(26(29)30)16-31-23-15-25-24(14-21(23)27)32-17-33-25/h5-6,10-11,14-15,18-19,28H,2-4,7-9,12-13,16-17H2,1H3/t18-,27?/m0/s1. The number of ether oxygens (including phenoxy) is 3. The molecule has 1 N–H and O–H groups in total. The summed E-state index contributed by atoms with van der Waals surface area (Å²) in [5.74, 6) is 2.97. The fourth-order valence-electron chi connectivity index (χ4n) is 6.15. The van der Waals surface area contributed by atoms with Gasteiger partial charge in [0, 0.05) is 29.9 Å². The maximum absolute atomic E-state index is 14.0. The van der Waals surface area contributed by atoms with Gasteiger partial charge >= 0.3 is 0 Å². The Morgan fingerprint density at radius 3 is 2.67 bits per heavy atom. The van der Waals surface area contributed by atoms with Gasteiger partial charge in [-0.25, -0.2) is 0 Å². The Balaban J connectivity index is 1.21. The van der Waals surface area contributed by atoms with Crippen LogP contribution < -0.4 is 24.4 Å². The van der Waals surface area contributed by atoms with E-state index in [9.17, 15) is 4.79 Å². The Kier molecular flexibility index (Phi) is 5.21. The Bertz CT molecular complexity index is 1060. The molecule has 0 saturated heterocycles. The lowest BCUT2D eigenvalue weighted by Gasteiger charge is -2.29. The number of carbonyl (C=O) groups is 1. The fourth-order valence-corrected chi connectivity index (χ4v) is 6.15. The molecular formula is C27H32N2O4. The van der Waals surface area contributed by atoms with E-state index in [0.29, 0.717) is 36.4 Å². The Hall–Kier alpha value is -2.73. The molecule has 0 radical (unpaired) electrons. The van der Waals surface area contributed by atoms with Crippen LogP contribution in [0.1, 0.15) is 56.6 Å². The smallest absolute Gasteiger partial charge is 0.245 e. The topological polar surface area (TPSA) is 60.0 Å². The van der Waals surface area contributed by atoms with Crippen LogP contribution >= 0.6 is 0 Å². The number of nitrogens with zero attached hydrogens (tertiary/aromatic N) is 1. The van der Waals surface area contributed by atoms with E-state index >= 15 is 0 Å². The van der Waals surface area contributed by atoms with E-state index in [1.54, 1.807) is 0 Å². The van der Waals surface area contributed by atoms with Crippen LogP contribution in [0.2, 0.25) is 0 Å². The van der Waals surface area contributed by atoms with Crippen LogP contribution in [0.15, 0.2) is 36.4 Å². The lowest BCUT2D eigenvalue weighted by Crippen LogP contribution is -2.43. The normalized spacial score (nSPS) is 24.2. The van der Waals surface area contributed by atoms with Crippen molar-refractivity contribution in [1.82, 2.24) is 5.32 Å². The van der Waals surface area contributed by atoms with Crippen LogP contribution in [0, 0.1) is 5.92 Å². The largest absolute Gasteiger partial charge is 0.491 e. The van der Waals surface area contributed by atoms with Crippen molar-refractivity contribution in [2.75, 3.05) is 31.4 Å². The number of rotatable bonds is 6. The molecule has 1 aliphatic carbocycles. The number of hydrogen-bond donors (Lipinski definition) is 1. The summed E-state index contributed by atoms with van der Waals surface area (Å²) in [6.07, 6.45) is 7.71. The Labute approximate surface area is 195 Å². The third kappa shape index (κ3) is 3.30. The van der Waals surface area contributed by atoms with Gasteiger partial charge < -0.3 is 24.4 Å². The molecule has 6 heteroatoms. The van der Waals surface area contributed by atoms with Gasteiger partial charge in [-0.05, 0) is 56.3 Å². The second-order valence-electron chi connectivity index (χ2n) is 9.86. The summed E-state index contributed by atoms with van der Waals surface area (Å²) in [5.41, 5.74) is 2.10. The maximum atomic E-state index is 14.0. The van der Waals surface area contributed by atoms with Gasteiger partial charge in [-0.15, -0.1) is 0 Å². The third-order valence-electron chi connectivity index (χ3n) is 8.03. The Morgan fingerprint density at radius 1 is 1.03 bits per heavy atom. The van der Waals surface area contributed by atoms with Crippen LogP contribution in [0.4, 0.5) is 5.69 Å². The quantitative estimate of drug-likeness (QED) is 0.665. The summed E-state index contributed by atoms with van der Waals surface area (Å²) in [6.45, 7) is 4.45. The molecule has 1 fully saturated rings. The molecule has 0 aromatic heterocycles. The first kappa shape index (κ1) is 20.8. The highest BCUT2D eigenvalue weighted by molar-refractivity contribution is 6.11. The Morgan fingerprint density at radius 2 is 1.82 bits per heavy atom. The first-order valence-electron chi connectivity index (χ1n) is 12.4. The van der Waals surface area contributed by atoms with E-state index in [1.807, 2.05) is 29.2 Å². The van der Waals surface area contributed by atoms with E-state index < -0.39 is 5.41 Å². The molecule has 174 valence electrons. The van der Waals surface area contributed by atoms with Crippen LogP contribution in [0.25, 0.3) is 0 Å². The van der Waals surface area contributed by atoms with Crippen molar-refractivity contribution in [1.29, 1.82) is 0 Å². The van der Waals surface area contributed by atoms with Gasteiger partial charge in [0.25, 0.3) is 0 Å².